The van der Waals surface area contributed by atoms with Crippen LogP contribution in [0.25, 0.3) is 0 Å². The van der Waals surface area contributed by atoms with Gasteiger partial charge in [-0.25, -0.2) is 0 Å². The Morgan fingerprint density at radius 1 is 0.971 bits per heavy atom. The van der Waals surface area contributed by atoms with Gasteiger partial charge in [-0.15, -0.1) is 0 Å². The highest BCUT2D eigenvalue weighted by atomic mass is 16.5. The van der Waals surface area contributed by atoms with Gasteiger partial charge in [0, 0.05) is 41.4 Å². The van der Waals surface area contributed by atoms with E-state index in [0.717, 1.165) is 16.7 Å². The van der Waals surface area contributed by atoms with Crippen LogP contribution < -0.4 is 21.1 Å². The summed E-state index contributed by atoms with van der Waals surface area (Å²) in [4.78, 5) is 25.4. The number of carbonyl (C=O) groups excluding carboxylic acids is 2. The molecule has 0 radical (unpaired) electrons. The maximum atomic E-state index is 12.8. The Morgan fingerprint density at radius 3 is 2.31 bits per heavy atom. The SMILES string of the molecule is C=C(NC(=O)c1ccc(C(C)(C)C)cc1)Nc1ccc(CC(=O)c2cccc(CN)c2)c(OC)c1. The number of rotatable bonds is 9. The zero-order chi connectivity index (χ0) is 25.6. The van der Waals surface area contributed by atoms with Crippen LogP contribution in [0.15, 0.2) is 79.1 Å². The lowest BCUT2D eigenvalue weighted by molar-refractivity contribution is 0.0964. The molecule has 0 heterocycles. The van der Waals surface area contributed by atoms with E-state index in [1.807, 2.05) is 42.5 Å². The van der Waals surface area contributed by atoms with Crippen molar-refractivity contribution < 1.29 is 14.3 Å². The van der Waals surface area contributed by atoms with E-state index in [1.165, 1.54) is 0 Å². The standard InChI is InChI=1S/C29H33N3O3/c1-19(32-28(34)21-9-12-24(13-10-21)29(2,3)4)31-25-14-11-23(27(17-25)35-5)16-26(33)22-8-6-7-20(15-22)18-30/h6-15,17,31H,1,16,18,30H2,2-5H3,(H,32,34). The smallest absolute Gasteiger partial charge is 0.256 e. The fourth-order valence-electron chi connectivity index (χ4n) is 3.65. The van der Waals surface area contributed by atoms with E-state index < -0.39 is 0 Å². The molecule has 3 rings (SSSR count). The lowest BCUT2D eigenvalue weighted by Crippen LogP contribution is -2.26. The summed E-state index contributed by atoms with van der Waals surface area (Å²) in [6, 6.07) is 20.3. The molecule has 0 spiro atoms. The van der Waals surface area contributed by atoms with Gasteiger partial charge in [0.15, 0.2) is 5.78 Å². The first kappa shape index (κ1) is 25.7. The number of carbonyl (C=O) groups is 2. The quantitative estimate of drug-likeness (QED) is 0.374. The van der Waals surface area contributed by atoms with E-state index in [-0.39, 0.29) is 23.5 Å². The molecule has 0 atom stereocenters. The number of methoxy groups -OCH3 is 1. The van der Waals surface area contributed by atoms with Gasteiger partial charge in [-0.05, 0) is 40.8 Å². The molecular weight excluding hydrogens is 438 g/mol. The van der Waals surface area contributed by atoms with Gasteiger partial charge in [0.1, 0.15) is 11.6 Å². The molecule has 0 aliphatic rings. The Hall–Kier alpha value is -3.90. The van der Waals surface area contributed by atoms with Crippen molar-refractivity contribution in [3.05, 3.63) is 107 Å². The predicted molar refractivity (Wildman–Crippen MR) is 141 cm³/mol. The Balaban J connectivity index is 1.64. The normalized spacial score (nSPS) is 11.0. The highest BCUT2D eigenvalue weighted by molar-refractivity contribution is 5.98. The number of Topliss-reactive ketones (excluding diaryl/α,β-unsaturated/α-hetero) is 1. The Labute approximate surface area is 207 Å². The van der Waals surface area contributed by atoms with E-state index >= 15 is 0 Å². The maximum absolute atomic E-state index is 12.8. The van der Waals surface area contributed by atoms with Gasteiger partial charge in [0.2, 0.25) is 0 Å². The Kier molecular flexibility index (Phi) is 8.10. The third-order valence-electron chi connectivity index (χ3n) is 5.70. The molecule has 0 aromatic heterocycles. The summed E-state index contributed by atoms with van der Waals surface area (Å²) in [5.41, 5.74) is 10.4. The number of hydrogen-bond acceptors (Lipinski definition) is 5. The topological polar surface area (TPSA) is 93.5 Å². The van der Waals surface area contributed by atoms with Gasteiger partial charge in [0.05, 0.1) is 7.11 Å². The highest BCUT2D eigenvalue weighted by Crippen LogP contribution is 2.26. The molecule has 4 N–H and O–H groups in total. The molecule has 0 bridgehead atoms. The predicted octanol–water partition coefficient (Wildman–Crippen LogP) is 5.19. The molecular formula is C29H33N3O3. The molecule has 35 heavy (non-hydrogen) atoms. The van der Waals surface area contributed by atoms with Gasteiger partial charge in [-0.3, -0.25) is 9.59 Å². The van der Waals surface area contributed by atoms with Crippen molar-refractivity contribution in [3.8, 4) is 5.75 Å². The molecule has 6 nitrogen and oxygen atoms in total. The first-order valence-electron chi connectivity index (χ1n) is 11.5. The van der Waals surface area contributed by atoms with Gasteiger partial charge in [0.25, 0.3) is 5.91 Å². The molecule has 3 aromatic rings. The molecule has 0 aliphatic carbocycles. The van der Waals surface area contributed by atoms with Gasteiger partial charge in [-0.2, -0.15) is 0 Å². The van der Waals surface area contributed by atoms with Crippen molar-refractivity contribution in [2.45, 2.75) is 39.2 Å². The van der Waals surface area contributed by atoms with Crippen LogP contribution in [0.4, 0.5) is 5.69 Å². The van der Waals surface area contributed by atoms with E-state index in [0.29, 0.717) is 34.9 Å². The maximum Gasteiger partial charge on any atom is 0.256 e. The number of nitrogens with one attached hydrogen (secondary N) is 2. The second-order valence-corrected chi connectivity index (χ2v) is 9.42. The molecule has 6 heteroatoms. The second kappa shape index (κ2) is 11.0. The molecule has 1 amide bonds. The van der Waals surface area contributed by atoms with Gasteiger partial charge in [-0.1, -0.05) is 63.7 Å². The zero-order valence-electron chi connectivity index (χ0n) is 20.8. The molecule has 0 saturated heterocycles. The number of benzene rings is 3. The molecule has 3 aromatic carbocycles. The second-order valence-electron chi connectivity index (χ2n) is 9.42. The number of nitrogens with two attached hydrogens (primary N) is 1. The summed E-state index contributed by atoms with van der Waals surface area (Å²) in [6.07, 6.45) is 0.194. The summed E-state index contributed by atoms with van der Waals surface area (Å²) in [5.74, 6) is 0.625. The molecule has 0 aliphatic heterocycles. The molecule has 0 fully saturated rings. The van der Waals surface area contributed by atoms with Crippen molar-refractivity contribution in [1.82, 2.24) is 5.32 Å². The summed E-state index contributed by atoms with van der Waals surface area (Å²) in [5, 5.41) is 5.84. The van der Waals surface area contributed by atoms with Crippen molar-refractivity contribution in [1.29, 1.82) is 0 Å². The van der Waals surface area contributed by atoms with Crippen molar-refractivity contribution in [2.75, 3.05) is 12.4 Å². The first-order valence-corrected chi connectivity index (χ1v) is 11.5. The largest absolute Gasteiger partial charge is 0.496 e. The van der Waals surface area contributed by atoms with Gasteiger partial charge >= 0.3 is 0 Å². The van der Waals surface area contributed by atoms with Crippen LogP contribution in [0, 0.1) is 0 Å². The summed E-state index contributed by atoms with van der Waals surface area (Å²) in [7, 11) is 1.56. The Bertz CT molecular complexity index is 1220. The fraction of sp³-hybridized carbons (Fsp3) is 0.241. The van der Waals surface area contributed by atoms with Crippen molar-refractivity contribution in [2.24, 2.45) is 5.73 Å². The number of ether oxygens (including phenoxy) is 1. The van der Waals surface area contributed by atoms with E-state index in [4.69, 9.17) is 10.5 Å². The summed E-state index contributed by atoms with van der Waals surface area (Å²) >= 11 is 0. The summed E-state index contributed by atoms with van der Waals surface area (Å²) < 4.78 is 5.51. The molecule has 0 unspecified atom stereocenters. The average molecular weight is 472 g/mol. The van der Waals surface area contributed by atoms with Crippen molar-refractivity contribution >= 4 is 17.4 Å². The zero-order valence-corrected chi connectivity index (χ0v) is 20.8. The van der Waals surface area contributed by atoms with Crippen molar-refractivity contribution in [3.63, 3.8) is 0 Å². The minimum absolute atomic E-state index is 0.0183. The van der Waals surface area contributed by atoms with E-state index in [2.05, 4.69) is 38.0 Å². The number of hydrogen-bond donors (Lipinski definition) is 3. The minimum Gasteiger partial charge on any atom is -0.496 e. The number of amides is 1. The fourth-order valence-corrected chi connectivity index (χ4v) is 3.65. The van der Waals surface area contributed by atoms with Crippen LogP contribution in [0.2, 0.25) is 0 Å². The van der Waals surface area contributed by atoms with Crippen LogP contribution in [-0.4, -0.2) is 18.8 Å². The van der Waals surface area contributed by atoms with Crippen LogP contribution in [0.3, 0.4) is 0 Å². The summed E-state index contributed by atoms with van der Waals surface area (Å²) in [6.45, 7) is 10.7. The monoisotopic (exact) mass is 471 g/mol. The Morgan fingerprint density at radius 2 is 1.69 bits per heavy atom. The molecule has 182 valence electrons. The van der Waals surface area contributed by atoms with E-state index in [1.54, 1.807) is 31.4 Å². The van der Waals surface area contributed by atoms with Crippen LogP contribution in [-0.2, 0) is 18.4 Å². The van der Waals surface area contributed by atoms with Crippen LogP contribution >= 0.6 is 0 Å². The van der Waals surface area contributed by atoms with Crippen LogP contribution in [0.5, 0.6) is 5.75 Å². The van der Waals surface area contributed by atoms with Gasteiger partial charge < -0.3 is 21.1 Å². The first-order chi connectivity index (χ1) is 16.6. The highest BCUT2D eigenvalue weighted by Gasteiger charge is 2.15. The number of anilines is 1. The molecule has 0 saturated carbocycles. The third kappa shape index (κ3) is 6.80. The van der Waals surface area contributed by atoms with Crippen LogP contribution in [0.1, 0.15) is 58.2 Å². The lowest BCUT2D eigenvalue weighted by atomic mass is 9.87. The minimum atomic E-state index is -0.253. The van der Waals surface area contributed by atoms with E-state index in [9.17, 15) is 9.59 Å². The lowest BCUT2D eigenvalue weighted by Gasteiger charge is -2.19. The third-order valence-corrected chi connectivity index (χ3v) is 5.70. The number of ketones is 1. The average Bonchev–Trinajstić information content (AvgIpc) is 2.84.